The van der Waals surface area contributed by atoms with Gasteiger partial charge < -0.3 is 10.6 Å². The Bertz CT molecular complexity index is 715. The molecule has 0 amide bonds. The highest BCUT2D eigenvalue weighted by Crippen LogP contribution is 2.28. The molecule has 0 spiro atoms. The SMILES string of the molecule is Cc1cc(N2CCc3c(N)cccc3C2)ncc1[N+](=O)[O-]. The molecule has 2 N–H and O–H groups in total. The first-order chi connectivity index (χ1) is 10.1. The Morgan fingerprint density at radius 1 is 1.43 bits per heavy atom. The van der Waals surface area contributed by atoms with Crippen molar-refractivity contribution in [3.05, 3.63) is 57.3 Å². The van der Waals surface area contributed by atoms with Gasteiger partial charge in [-0.2, -0.15) is 0 Å². The number of hydrogen-bond acceptors (Lipinski definition) is 5. The van der Waals surface area contributed by atoms with E-state index >= 15 is 0 Å². The van der Waals surface area contributed by atoms with Crippen molar-refractivity contribution >= 4 is 17.2 Å². The van der Waals surface area contributed by atoms with Crippen LogP contribution in [0.25, 0.3) is 0 Å². The number of benzene rings is 1. The highest BCUT2D eigenvalue weighted by molar-refractivity contribution is 5.56. The molecule has 0 saturated carbocycles. The second-order valence-corrected chi connectivity index (χ2v) is 5.24. The molecule has 21 heavy (non-hydrogen) atoms. The number of fused-ring (bicyclic) bond motifs is 1. The predicted octanol–water partition coefficient (Wildman–Crippen LogP) is 2.44. The van der Waals surface area contributed by atoms with Gasteiger partial charge in [-0.15, -0.1) is 0 Å². The Kier molecular flexibility index (Phi) is 3.21. The molecule has 0 radical (unpaired) electrons. The standard InChI is InChI=1S/C15H16N4O2/c1-10-7-15(17-8-14(10)19(20)21)18-6-5-12-11(9-18)3-2-4-13(12)16/h2-4,7-8H,5-6,9,16H2,1H3. The number of nitro groups is 1. The van der Waals surface area contributed by atoms with Gasteiger partial charge in [0.25, 0.3) is 5.69 Å². The molecule has 108 valence electrons. The molecule has 1 aliphatic heterocycles. The molecule has 0 atom stereocenters. The van der Waals surface area contributed by atoms with Crippen molar-refractivity contribution in [3.63, 3.8) is 0 Å². The molecule has 1 aliphatic rings. The van der Waals surface area contributed by atoms with Crippen molar-refractivity contribution in [1.82, 2.24) is 4.98 Å². The second-order valence-electron chi connectivity index (χ2n) is 5.24. The van der Waals surface area contributed by atoms with Crippen molar-refractivity contribution in [2.45, 2.75) is 19.9 Å². The van der Waals surface area contributed by atoms with Crippen molar-refractivity contribution in [2.24, 2.45) is 0 Å². The van der Waals surface area contributed by atoms with Gasteiger partial charge in [0.05, 0.1) is 4.92 Å². The first kappa shape index (κ1) is 13.4. The minimum absolute atomic E-state index is 0.0559. The summed E-state index contributed by atoms with van der Waals surface area (Å²) in [6.07, 6.45) is 2.19. The van der Waals surface area contributed by atoms with Gasteiger partial charge in [0.2, 0.25) is 0 Å². The Balaban J connectivity index is 1.90. The average Bonchev–Trinajstić information content (AvgIpc) is 2.46. The number of anilines is 2. The van der Waals surface area contributed by atoms with Crippen molar-refractivity contribution in [1.29, 1.82) is 0 Å². The maximum absolute atomic E-state index is 10.8. The van der Waals surface area contributed by atoms with Crippen LogP contribution in [0.1, 0.15) is 16.7 Å². The van der Waals surface area contributed by atoms with Crippen molar-refractivity contribution < 1.29 is 4.92 Å². The molecule has 6 nitrogen and oxygen atoms in total. The summed E-state index contributed by atoms with van der Waals surface area (Å²) in [5.41, 5.74) is 9.91. The molecular weight excluding hydrogens is 268 g/mol. The fourth-order valence-corrected chi connectivity index (χ4v) is 2.73. The van der Waals surface area contributed by atoms with E-state index in [0.29, 0.717) is 5.56 Å². The van der Waals surface area contributed by atoms with E-state index in [1.807, 2.05) is 12.1 Å². The molecular formula is C15H16N4O2. The van der Waals surface area contributed by atoms with Crippen LogP contribution in [0, 0.1) is 17.0 Å². The molecule has 2 aromatic rings. The van der Waals surface area contributed by atoms with E-state index in [0.717, 1.165) is 31.0 Å². The molecule has 0 bridgehead atoms. The zero-order valence-corrected chi connectivity index (χ0v) is 11.7. The van der Waals surface area contributed by atoms with Gasteiger partial charge in [-0.3, -0.25) is 10.1 Å². The lowest BCUT2D eigenvalue weighted by Crippen LogP contribution is -2.31. The summed E-state index contributed by atoms with van der Waals surface area (Å²) < 4.78 is 0. The highest BCUT2D eigenvalue weighted by Gasteiger charge is 2.20. The van der Waals surface area contributed by atoms with Gasteiger partial charge >= 0.3 is 0 Å². The Hall–Kier alpha value is -2.63. The predicted molar refractivity (Wildman–Crippen MR) is 81.2 cm³/mol. The van der Waals surface area contributed by atoms with Gasteiger partial charge in [-0.25, -0.2) is 4.98 Å². The number of aryl methyl sites for hydroxylation is 1. The van der Waals surface area contributed by atoms with Crippen LogP contribution in [0.4, 0.5) is 17.2 Å². The van der Waals surface area contributed by atoms with E-state index < -0.39 is 4.92 Å². The number of nitrogen functional groups attached to an aromatic ring is 1. The smallest absolute Gasteiger partial charge is 0.290 e. The topological polar surface area (TPSA) is 85.3 Å². The lowest BCUT2D eigenvalue weighted by Gasteiger charge is -2.30. The molecule has 0 unspecified atom stereocenters. The van der Waals surface area contributed by atoms with E-state index in [1.165, 1.54) is 17.3 Å². The maximum Gasteiger partial charge on any atom is 0.290 e. The van der Waals surface area contributed by atoms with E-state index in [-0.39, 0.29) is 5.69 Å². The largest absolute Gasteiger partial charge is 0.398 e. The average molecular weight is 284 g/mol. The van der Waals surface area contributed by atoms with Gasteiger partial charge in [0, 0.05) is 24.3 Å². The number of pyridine rings is 1. The summed E-state index contributed by atoms with van der Waals surface area (Å²) in [6, 6.07) is 7.71. The zero-order chi connectivity index (χ0) is 15.0. The number of hydrogen-bond donors (Lipinski definition) is 1. The molecule has 1 aromatic carbocycles. The van der Waals surface area contributed by atoms with Crippen LogP contribution < -0.4 is 10.6 Å². The van der Waals surface area contributed by atoms with E-state index in [1.54, 1.807) is 13.0 Å². The molecule has 0 saturated heterocycles. The number of rotatable bonds is 2. The normalized spacial score (nSPS) is 13.9. The fourth-order valence-electron chi connectivity index (χ4n) is 2.73. The molecule has 3 rings (SSSR count). The number of nitrogens with two attached hydrogens (primary N) is 1. The van der Waals surface area contributed by atoms with Gasteiger partial charge in [0.1, 0.15) is 12.0 Å². The van der Waals surface area contributed by atoms with Crippen LogP contribution in [-0.2, 0) is 13.0 Å². The lowest BCUT2D eigenvalue weighted by molar-refractivity contribution is -0.385. The summed E-state index contributed by atoms with van der Waals surface area (Å²) >= 11 is 0. The van der Waals surface area contributed by atoms with E-state index in [2.05, 4.69) is 16.0 Å². The highest BCUT2D eigenvalue weighted by atomic mass is 16.6. The quantitative estimate of drug-likeness (QED) is 0.520. The Labute approximate surface area is 122 Å². The zero-order valence-electron chi connectivity index (χ0n) is 11.7. The van der Waals surface area contributed by atoms with Crippen molar-refractivity contribution in [2.75, 3.05) is 17.2 Å². The van der Waals surface area contributed by atoms with Gasteiger partial charge in [-0.05, 0) is 36.6 Å². The third-order valence-corrected chi connectivity index (χ3v) is 3.89. The third-order valence-electron chi connectivity index (χ3n) is 3.89. The van der Waals surface area contributed by atoms with Crippen LogP contribution in [0.3, 0.4) is 0 Å². The lowest BCUT2D eigenvalue weighted by atomic mass is 9.98. The van der Waals surface area contributed by atoms with Gasteiger partial charge in [0.15, 0.2) is 0 Å². The summed E-state index contributed by atoms with van der Waals surface area (Å²) in [6.45, 7) is 3.27. The number of nitrogens with zero attached hydrogens (tertiary/aromatic N) is 3. The molecule has 2 heterocycles. The third kappa shape index (κ3) is 2.40. The molecule has 0 aliphatic carbocycles. The first-order valence-electron chi connectivity index (χ1n) is 6.78. The van der Waals surface area contributed by atoms with Crippen LogP contribution >= 0.6 is 0 Å². The van der Waals surface area contributed by atoms with Crippen LogP contribution in [0.5, 0.6) is 0 Å². The fraction of sp³-hybridized carbons (Fsp3) is 0.267. The first-order valence-corrected chi connectivity index (χ1v) is 6.78. The number of aromatic nitrogens is 1. The molecule has 0 fully saturated rings. The Morgan fingerprint density at radius 2 is 2.24 bits per heavy atom. The Morgan fingerprint density at radius 3 is 2.95 bits per heavy atom. The monoisotopic (exact) mass is 284 g/mol. The van der Waals surface area contributed by atoms with E-state index in [9.17, 15) is 10.1 Å². The summed E-state index contributed by atoms with van der Waals surface area (Å²) in [7, 11) is 0. The minimum Gasteiger partial charge on any atom is -0.398 e. The van der Waals surface area contributed by atoms with Crippen LogP contribution in [0.15, 0.2) is 30.5 Å². The second kappa shape index (κ2) is 5.05. The van der Waals surface area contributed by atoms with Crippen molar-refractivity contribution in [3.8, 4) is 0 Å². The van der Waals surface area contributed by atoms with E-state index in [4.69, 9.17) is 5.73 Å². The van der Waals surface area contributed by atoms with Gasteiger partial charge in [-0.1, -0.05) is 12.1 Å². The molecule has 6 heteroatoms. The molecule has 1 aromatic heterocycles. The summed E-state index contributed by atoms with van der Waals surface area (Å²) in [4.78, 5) is 16.8. The summed E-state index contributed by atoms with van der Waals surface area (Å²) in [5, 5.41) is 10.8. The minimum atomic E-state index is -0.404. The summed E-state index contributed by atoms with van der Waals surface area (Å²) in [5.74, 6) is 0.770. The maximum atomic E-state index is 10.8. The van der Waals surface area contributed by atoms with Crippen LogP contribution in [0.2, 0.25) is 0 Å². The van der Waals surface area contributed by atoms with Crippen LogP contribution in [-0.4, -0.2) is 16.5 Å².